The van der Waals surface area contributed by atoms with Crippen molar-refractivity contribution in [3.8, 4) is 0 Å². The van der Waals surface area contributed by atoms with Crippen LogP contribution in [0, 0.1) is 0 Å². The van der Waals surface area contributed by atoms with Gasteiger partial charge in [-0.05, 0) is 39.0 Å². The highest BCUT2D eigenvalue weighted by atomic mass is 79.9. The maximum atomic E-state index is 3.54. The van der Waals surface area contributed by atoms with Gasteiger partial charge in [0.05, 0.1) is 0 Å². The van der Waals surface area contributed by atoms with Crippen LogP contribution in [-0.2, 0) is 0 Å². The van der Waals surface area contributed by atoms with E-state index in [0.717, 1.165) is 30.7 Å². The SMILES string of the molecule is CC.CC(C)(C)N1CCN(c2cccc(Br)c2)CC1. The first-order valence-electron chi connectivity index (χ1n) is 7.22. The highest BCUT2D eigenvalue weighted by molar-refractivity contribution is 9.10. The van der Waals surface area contributed by atoms with Gasteiger partial charge in [0.15, 0.2) is 0 Å². The zero-order valence-electron chi connectivity index (χ0n) is 12.9. The van der Waals surface area contributed by atoms with Crippen molar-refractivity contribution in [3.05, 3.63) is 28.7 Å². The number of rotatable bonds is 1. The molecule has 0 saturated carbocycles. The van der Waals surface area contributed by atoms with Crippen molar-refractivity contribution in [2.45, 2.75) is 40.2 Å². The Kier molecular flexibility index (Phi) is 6.34. The highest BCUT2D eigenvalue weighted by Crippen LogP contribution is 2.23. The Bertz CT molecular complexity index is 377. The van der Waals surface area contributed by atoms with Crippen molar-refractivity contribution in [1.29, 1.82) is 0 Å². The summed E-state index contributed by atoms with van der Waals surface area (Å²) in [4.78, 5) is 5.02. The van der Waals surface area contributed by atoms with E-state index in [4.69, 9.17) is 0 Å². The second-order valence-corrected chi connectivity index (χ2v) is 6.54. The third kappa shape index (κ3) is 4.81. The van der Waals surface area contributed by atoms with Crippen LogP contribution in [0.3, 0.4) is 0 Å². The molecule has 1 aromatic carbocycles. The molecule has 0 N–H and O–H groups in total. The summed E-state index contributed by atoms with van der Waals surface area (Å²) in [5, 5.41) is 0. The molecule has 0 spiro atoms. The summed E-state index contributed by atoms with van der Waals surface area (Å²) in [7, 11) is 0. The van der Waals surface area contributed by atoms with E-state index in [1.807, 2.05) is 13.8 Å². The topological polar surface area (TPSA) is 6.48 Å². The van der Waals surface area contributed by atoms with Gasteiger partial charge in [0.25, 0.3) is 0 Å². The molecule has 0 bridgehead atoms. The molecule has 0 radical (unpaired) electrons. The molecule has 0 aliphatic carbocycles. The largest absolute Gasteiger partial charge is 0.369 e. The maximum absolute atomic E-state index is 3.54. The van der Waals surface area contributed by atoms with Gasteiger partial charge in [-0.3, -0.25) is 4.90 Å². The molecule has 1 aliphatic heterocycles. The Morgan fingerprint density at radius 2 is 1.58 bits per heavy atom. The number of piperazine rings is 1. The number of benzene rings is 1. The lowest BCUT2D eigenvalue weighted by Gasteiger charge is -2.43. The summed E-state index contributed by atoms with van der Waals surface area (Å²) in [6.07, 6.45) is 0. The average Bonchev–Trinajstić information content (AvgIpc) is 2.40. The maximum Gasteiger partial charge on any atom is 0.0378 e. The van der Waals surface area contributed by atoms with E-state index in [2.05, 4.69) is 70.8 Å². The monoisotopic (exact) mass is 326 g/mol. The average molecular weight is 327 g/mol. The first-order valence-corrected chi connectivity index (χ1v) is 8.02. The van der Waals surface area contributed by atoms with Crippen LogP contribution in [0.15, 0.2) is 28.7 Å². The van der Waals surface area contributed by atoms with Gasteiger partial charge in [-0.25, -0.2) is 0 Å². The van der Waals surface area contributed by atoms with Gasteiger partial charge in [-0.15, -0.1) is 0 Å². The first-order chi connectivity index (χ1) is 8.97. The van der Waals surface area contributed by atoms with E-state index in [0.29, 0.717) is 5.54 Å². The second-order valence-electron chi connectivity index (χ2n) is 5.62. The van der Waals surface area contributed by atoms with Gasteiger partial charge in [0, 0.05) is 41.9 Å². The van der Waals surface area contributed by atoms with E-state index in [-0.39, 0.29) is 0 Å². The molecule has 19 heavy (non-hydrogen) atoms. The van der Waals surface area contributed by atoms with Gasteiger partial charge >= 0.3 is 0 Å². The van der Waals surface area contributed by atoms with Crippen LogP contribution >= 0.6 is 15.9 Å². The van der Waals surface area contributed by atoms with Crippen molar-refractivity contribution in [1.82, 2.24) is 4.90 Å². The number of nitrogens with zero attached hydrogens (tertiary/aromatic N) is 2. The Balaban J connectivity index is 0.000000861. The second kappa shape index (κ2) is 7.30. The zero-order chi connectivity index (χ0) is 14.5. The third-order valence-corrected chi connectivity index (χ3v) is 3.89. The molecule has 1 heterocycles. The standard InChI is InChI=1S/C14H21BrN2.C2H6/c1-14(2,3)17-9-7-16(8-10-17)13-6-4-5-12(15)11-13;1-2/h4-6,11H,7-10H2,1-3H3;1-2H3. The molecule has 3 heteroatoms. The lowest BCUT2D eigenvalue weighted by Crippen LogP contribution is -2.53. The molecule has 1 saturated heterocycles. The molecule has 108 valence electrons. The Morgan fingerprint density at radius 1 is 1.00 bits per heavy atom. The van der Waals surface area contributed by atoms with E-state index in [9.17, 15) is 0 Å². The molecular formula is C16H27BrN2. The smallest absolute Gasteiger partial charge is 0.0378 e. The molecule has 0 amide bonds. The van der Waals surface area contributed by atoms with Crippen molar-refractivity contribution in [3.63, 3.8) is 0 Å². The Hall–Kier alpha value is -0.540. The Labute approximate surface area is 126 Å². The fourth-order valence-corrected chi connectivity index (χ4v) is 2.70. The minimum absolute atomic E-state index is 0.295. The molecule has 0 unspecified atom stereocenters. The number of halogens is 1. The summed E-state index contributed by atoms with van der Waals surface area (Å²) in [5.41, 5.74) is 1.62. The zero-order valence-corrected chi connectivity index (χ0v) is 14.5. The fraction of sp³-hybridized carbons (Fsp3) is 0.625. The minimum atomic E-state index is 0.295. The van der Waals surface area contributed by atoms with Gasteiger partial charge < -0.3 is 4.90 Å². The van der Waals surface area contributed by atoms with Crippen molar-refractivity contribution in [2.24, 2.45) is 0 Å². The van der Waals surface area contributed by atoms with Gasteiger partial charge in [-0.2, -0.15) is 0 Å². The number of hydrogen-bond acceptors (Lipinski definition) is 2. The predicted molar refractivity (Wildman–Crippen MR) is 89.0 cm³/mol. The van der Waals surface area contributed by atoms with E-state index >= 15 is 0 Å². The third-order valence-electron chi connectivity index (χ3n) is 3.40. The van der Waals surface area contributed by atoms with Gasteiger partial charge in [0.2, 0.25) is 0 Å². The van der Waals surface area contributed by atoms with Crippen LogP contribution in [0.1, 0.15) is 34.6 Å². The number of anilines is 1. The lowest BCUT2D eigenvalue weighted by molar-refractivity contribution is 0.128. The van der Waals surface area contributed by atoms with E-state index in [1.54, 1.807) is 0 Å². The van der Waals surface area contributed by atoms with Crippen LogP contribution in [0.4, 0.5) is 5.69 Å². The number of hydrogen-bond donors (Lipinski definition) is 0. The van der Waals surface area contributed by atoms with Crippen LogP contribution < -0.4 is 4.90 Å². The quantitative estimate of drug-likeness (QED) is 0.754. The summed E-state index contributed by atoms with van der Waals surface area (Å²) in [6.45, 7) is 15.4. The fourth-order valence-electron chi connectivity index (χ4n) is 2.31. The molecular weight excluding hydrogens is 300 g/mol. The predicted octanol–water partition coefficient (Wildman–Crippen LogP) is 4.40. The van der Waals surface area contributed by atoms with Crippen molar-refractivity contribution >= 4 is 21.6 Å². The minimum Gasteiger partial charge on any atom is -0.369 e. The van der Waals surface area contributed by atoms with Crippen LogP contribution in [0.5, 0.6) is 0 Å². The van der Waals surface area contributed by atoms with Gasteiger partial charge in [-0.1, -0.05) is 35.8 Å². The van der Waals surface area contributed by atoms with E-state index in [1.165, 1.54) is 5.69 Å². The highest BCUT2D eigenvalue weighted by Gasteiger charge is 2.25. The summed E-state index contributed by atoms with van der Waals surface area (Å²) in [6, 6.07) is 8.58. The molecule has 1 aliphatic rings. The van der Waals surface area contributed by atoms with Crippen molar-refractivity contribution in [2.75, 3.05) is 31.1 Å². The molecule has 0 atom stereocenters. The lowest BCUT2D eigenvalue weighted by atomic mass is 10.0. The Morgan fingerprint density at radius 3 is 2.05 bits per heavy atom. The molecule has 1 aromatic rings. The van der Waals surface area contributed by atoms with E-state index < -0.39 is 0 Å². The molecule has 1 fully saturated rings. The van der Waals surface area contributed by atoms with Crippen molar-refractivity contribution < 1.29 is 0 Å². The van der Waals surface area contributed by atoms with Crippen LogP contribution in [0.2, 0.25) is 0 Å². The summed E-state index contributed by atoms with van der Waals surface area (Å²) in [5.74, 6) is 0. The normalized spacial score (nSPS) is 16.8. The first kappa shape index (κ1) is 16.5. The summed E-state index contributed by atoms with van der Waals surface area (Å²) < 4.78 is 1.16. The van der Waals surface area contributed by atoms with Crippen LogP contribution in [-0.4, -0.2) is 36.6 Å². The molecule has 0 aromatic heterocycles. The van der Waals surface area contributed by atoms with Gasteiger partial charge in [0.1, 0.15) is 0 Å². The molecule has 2 rings (SSSR count). The summed E-state index contributed by atoms with van der Waals surface area (Å²) >= 11 is 3.54. The van der Waals surface area contributed by atoms with Crippen LogP contribution in [0.25, 0.3) is 0 Å². The molecule has 2 nitrogen and oxygen atoms in total.